The number of amides is 1. The highest BCUT2D eigenvalue weighted by Crippen LogP contribution is 2.30. The first kappa shape index (κ1) is 19.2. The molecule has 1 aromatic heterocycles. The van der Waals surface area contributed by atoms with Crippen LogP contribution in [0.1, 0.15) is 21.6 Å². The fourth-order valence-electron chi connectivity index (χ4n) is 2.62. The van der Waals surface area contributed by atoms with Gasteiger partial charge in [-0.2, -0.15) is 0 Å². The van der Waals surface area contributed by atoms with E-state index in [1.807, 2.05) is 32.0 Å². The van der Waals surface area contributed by atoms with Crippen molar-refractivity contribution in [2.75, 3.05) is 24.9 Å². The third-order valence-corrected chi connectivity index (χ3v) is 4.20. The molecule has 0 aliphatic rings. The van der Waals surface area contributed by atoms with Gasteiger partial charge < -0.3 is 20.1 Å². The van der Waals surface area contributed by atoms with Crippen LogP contribution in [0, 0.1) is 13.8 Å². The Morgan fingerprint density at radius 3 is 2.43 bits per heavy atom. The monoisotopic (exact) mass is 378 g/mol. The molecule has 1 amide bonds. The van der Waals surface area contributed by atoms with Crippen LogP contribution in [-0.4, -0.2) is 30.1 Å². The second-order valence-electron chi connectivity index (χ2n) is 6.25. The first-order chi connectivity index (χ1) is 13.5. The zero-order valence-corrected chi connectivity index (χ0v) is 16.2. The Labute approximate surface area is 163 Å². The number of anilines is 3. The number of nitrogens with one attached hydrogen (secondary N) is 2. The predicted octanol–water partition coefficient (Wildman–Crippen LogP) is 4.11. The van der Waals surface area contributed by atoms with Crippen molar-refractivity contribution in [3.05, 3.63) is 65.6 Å². The van der Waals surface area contributed by atoms with Crippen LogP contribution in [0.2, 0.25) is 0 Å². The van der Waals surface area contributed by atoms with E-state index in [9.17, 15) is 4.79 Å². The minimum Gasteiger partial charge on any atom is -0.497 e. The largest absolute Gasteiger partial charge is 0.497 e. The van der Waals surface area contributed by atoms with Crippen LogP contribution in [0.4, 0.5) is 17.2 Å². The van der Waals surface area contributed by atoms with E-state index in [0.29, 0.717) is 23.0 Å². The molecular weight excluding hydrogens is 356 g/mol. The predicted molar refractivity (Wildman–Crippen MR) is 109 cm³/mol. The van der Waals surface area contributed by atoms with Crippen molar-refractivity contribution in [2.45, 2.75) is 13.8 Å². The summed E-state index contributed by atoms with van der Waals surface area (Å²) < 4.78 is 10.6. The van der Waals surface area contributed by atoms with Crippen LogP contribution in [0.15, 0.2) is 48.8 Å². The molecule has 0 fully saturated rings. The van der Waals surface area contributed by atoms with Gasteiger partial charge in [0.05, 0.1) is 32.3 Å². The van der Waals surface area contributed by atoms with E-state index >= 15 is 0 Å². The van der Waals surface area contributed by atoms with Gasteiger partial charge in [0.2, 0.25) is 0 Å². The molecule has 0 saturated carbocycles. The van der Waals surface area contributed by atoms with Crippen molar-refractivity contribution in [1.82, 2.24) is 9.97 Å². The lowest BCUT2D eigenvalue weighted by molar-refractivity contribution is 0.102. The van der Waals surface area contributed by atoms with Gasteiger partial charge >= 0.3 is 0 Å². The maximum atomic E-state index is 12.5. The van der Waals surface area contributed by atoms with Gasteiger partial charge in [-0.15, -0.1) is 0 Å². The highest BCUT2D eigenvalue weighted by molar-refractivity contribution is 6.03. The van der Waals surface area contributed by atoms with Crippen LogP contribution in [-0.2, 0) is 0 Å². The van der Waals surface area contributed by atoms with Crippen LogP contribution >= 0.6 is 0 Å². The molecule has 0 spiro atoms. The third-order valence-electron chi connectivity index (χ3n) is 4.20. The molecule has 2 N–H and O–H groups in total. The van der Waals surface area contributed by atoms with Crippen molar-refractivity contribution >= 4 is 23.1 Å². The van der Waals surface area contributed by atoms with Gasteiger partial charge in [-0.3, -0.25) is 4.79 Å². The van der Waals surface area contributed by atoms with E-state index in [2.05, 4.69) is 20.6 Å². The lowest BCUT2D eigenvalue weighted by Crippen LogP contribution is -2.15. The van der Waals surface area contributed by atoms with Crippen molar-refractivity contribution < 1.29 is 14.3 Å². The van der Waals surface area contributed by atoms with Gasteiger partial charge in [0.15, 0.2) is 0 Å². The molecule has 3 rings (SSSR count). The Balaban J connectivity index is 1.75. The molecule has 0 radical (unpaired) electrons. The summed E-state index contributed by atoms with van der Waals surface area (Å²) >= 11 is 0. The number of hydrogen-bond acceptors (Lipinski definition) is 6. The van der Waals surface area contributed by atoms with E-state index in [1.54, 1.807) is 32.4 Å². The zero-order valence-electron chi connectivity index (χ0n) is 16.2. The van der Waals surface area contributed by atoms with Gasteiger partial charge in [0, 0.05) is 11.8 Å². The fraction of sp³-hybridized carbons (Fsp3) is 0.190. The quantitative estimate of drug-likeness (QED) is 0.671. The number of nitrogens with zero attached hydrogens (tertiary/aromatic N) is 2. The van der Waals surface area contributed by atoms with Crippen molar-refractivity contribution in [3.63, 3.8) is 0 Å². The average molecular weight is 378 g/mol. The molecule has 7 heteroatoms. The van der Waals surface area contributed by atoms with Gasteiger partial charge in [-0.05, 0) is 43.2 Å². The summed E-state index contributed by atoms with van der Waals surface area (Å²) in [4.78, 5) is 20.9. The first-order valence-corrected chi connectivity index (χ1v) is 8.70. The number of ether oxygens (including phenoxy) is 2. The van der Waals surface area contributed by atoms with Gasteiger partial charge in [-0.25, -0.2) is 9.97 Å². The average Bonchev–Trinajstić information content (AvgIpc) is 2.71. The van der Waals surface area contributed by atoms with Crippen molar-refractivity contribution in [1.29, 1.82) is 0 Å². The number of rotatable bonds is 6. The second-order valence-corrected chi connectivity index (χ2v) is 6.25. The summed E-state index contributed by atoms with van der Waals surface area (Å²) in [5.41, 5.74) is 3.72. The number of benzene rings is 2. The number of hydrogen-bond donors (Lipinski definition) is 2. The van der Waals surface area contributed by atoms with Crippen molar-refractivity contribution in [2.24, 2.45) is 0 Å². The fourth-order valence-corrected chi connectivity index (χ4v) is 2.62. The molecular formula is C21H22N4O3. The highest BCUT2D eigenvalue weighted by atomic mass is 16.5. The van der Waals surface area contributed by atoms with Crippen molar-refractivity contribution in [3.8, 4) is 11.5 Å². The Hall–Kier alpha value is -3.61. The minimum atomic E-state index is -0.313. The summed E-state index contributed by atoms with van der Waals surface area (Å²) in [6.07, 6.45) is 2.92. The molecule has 2 aromatic carbocycles. The van der Waals surface area contributed by atoms with Crippen LogP contribution in [0.25, 0.3) is 0 Å². The maximum absolute atomic E-state index is 12.5. The zero-order chi connectivity index (χ0) is 20.1. The number of aryl methyl sites for hydroxylation is 2. The summed E-state index contributed by atoms with van der Waals surface area (Å²) in [5, 5.41) is 5.99. The van der Waals surface area contributed by atoms with E-state index in [1.165, 1.54) is 12.4 Å². The maximum Gasteiger partial charge on any atom is 0.275 e. The molecule has 0 aliphatic heterocycles. The molecule has 3 aromatic rings. The summed E-state index contributed by atoms with van der Waals surface area (Å²) in [7, 11) is 3.17. The lowest BCUT2D eigenvalue weighted by Gasteiger charge is -2.12. The molecule has 28 heavy (non-hydrogen) atoms. The number of aromatic nitrogens is 2. The highest BCUT2D eigenvalue weighted by Gasteiger charge is 2.11. The molecule has 7 nitrogen and oxygen atoms in total. The molecule has 1 heterocycles. The molecule has 0 saturated heterocycles. The Bertz CT molecular complexity index is 987. The summed E-state index contributed by atoms with van der Waals surface area (Å²) in [6.45, 7) is 3.91. The van der Waals surface area contributed by atoms with E-state index in [-0.39, 0.29) is 11.6 Å². The third kappa shape index (κ3) is 4.37. The number of carbonyl (C=O) groups excluding carboxylic acids is 1. The summed E-state index contributed by atoms with van der Waals surface area (Å²) in [6, 6.07) is 11.3. The van der Waals surface area contributed by atoms with E-state index in [0.717, 1.165) is 16.8 Å². The standard InChI is InChI=1S/C21H22N4O3/c1-13-5-6-14(2)16(9-13)25-21(26)18-11-23-20(12-22-18)24-17-10-15(27-3)7-8-19(17)28-4/h5-12H,1-4H3,(H,23,24)(H,25,26). The van der Waals surface area contributed by atoms with Crippen LogP contribution in [0.5, 0.6) is 11.5 Å². The molecule has 0 aliphatic carbocycles. The number of methoxy groups -OCH3 is 2. The number of carbonyl (C=O) groups is 1. The Morgan fingerprint density at radius 1 is 0.929 bits per heavy atom. The molecule has 144 valence electrons. The second kappa shape index (κ2) is 8.39. The normalized spacial score (nSPS) is 10.3. The smallest absolute Gasteiger partial charge is 0.275 e. The van der Waals surface area contributed by atoms with E-state index < -0.39 is 0 Å². The van der Waals surface area contributed by atoms with E-state index in [4.69, 9.17) is 9.47 Å². The Morgan fingerprint density at radius 2 is 1.75 bits per heavy atom. The lowest BCUT2D eigenvalue weighted by atomic mass is 10.1. The Kier molecular flexibility index (Phi) is 5.74. The molecule has 0 unspecified atom stereocenters. The van der Waals surface area contributed by atoms with Crippen LogP contribution < -0.4 is 20.1 Å². The van der Waals surface area contributed by atoms with Gasteiger partial charge in [0.1, 0.15) is 23.0 Å². The first-order valence-electron chi connectivity index (χ1n) is 8.70. The van der Waals surface area contributed by atoms with Crippen LogP contribution in [0.3, 0.4) is 0 Å². The van der Waals surface area contributed by atoms with Gasteiger partial charge in [0.25, 0.3) is 5.91 Å². The minimum absolute atomic E-state index is 0.226. The SMILES string of the molecule is COc1ccc(OC)c(Nc2cnc(C(=O)Nc3cc(C)ccc3C)cn2)c1. The topological polar surface area (TPSA) is 85.4 Å². The molecule has 0 atom stereocenters. The molecule has 0 bridgehead atoms. The summed E-state index contributed by atoms with van der Waals surface area (Å²) in [5.74, 6) is 1.49. The van der Waals surface area contributed by atoms with Gasteiger partial charge in [-0.1, -0.05) is 12.1 Å².